The molecular formula is C44H54N6O5. The average Bonchev–Trinajstić information content (AvgIpc) is 3.64. The van der Waals surface area contributed by atoms with Crippen molar-refractivity contribution in [1.29, 1.82) is 0 Å². The first-order valence-electron chi connectivity index (χ1n) is 19.9. The summed E-state index contributed by atoms with van der Waals surface area (Å²) in [5.74, 6) is -0.613. The predicted molar refractivity (Wildman–Crippen MR) is 218 cm³/mol. The lowest BCUT2D eigenvalue weighted by Gasteiger charge is -2.28. The number of aryl methyl sites for hydroxylation is 2. The summed E-state index contributed by atoms with van der Waals surface area (Å²) in [4.78, 5) is 68.0. The molecule has 3 N–H and O–H groups in total. The third-order valence-corrected chi connectivity index (χ3v) is 10.8. The zero-order chi connectivity index (χ0) is 38.9. The summed E-state index contributed by atoms with van der Waals surface area (Å²) in [7, 11) is 0. The van der Waals surface area contributed by atoms with Gasteiger partial charge in [-0.15, -0.1) is 0 Å². The van der Waals surface area contributed by atoms with Crippen molar-refractivity contribution in [2.75, 3.05) is 62.6 Å². The van der Waals surface area contributed by atoms with Crippen LogP contribution in [0.2, 0.25) is 0 Å². The standard InChI is InChI=1S/C22H23N3O.C9H7NO2.C7H16N2.C6H8O2/c1-15-8-9-17-16(14-15)20-21-18(23-17)6-5-7-19(21)25(22(20)26)13-12-24-10-3-2-4-11-24;1-5-2-3-7-6(4-5)8(11)9(12)10-7;8-4-7-9-5-2-1-3-6-9;7-5-2-1-3-6(8)4-5/h5-9,14H,2-4,10-13H2,1H3;2-4H,1H3,(H,10,11,12);1-8H2;1-4H2. The van der Waals surface area contributed by atoms with Crippen LogP contribution in [0.4, 0.5) is 11.4 Å². The van der Waals surface area contributed by atoms with E-state index in [0.29, 0.717) is 24.1 Å². The van der Waals surface area contributed by atoms with E-state index >= 15 is 0 Å². The molecule has 0 bridgehead atoms. The maximum Gasteiger partial charge on any atom is 0.296 e. The molecule has 0 radical (unpaired) electrons. The molecule has 11 nitrogen and oxygen atoms in total. The molecule has 0 unspecified atom stereocenters. The molecule has 1 aliphatic carbocycles. The summed E-state index contributed by atoms with van der Waals surface area (Å²) in [6.45, 7) is 12.4. The van der Waals surface area contributed by atoms with Crippen molar-refractivity contribution in [1.82, 2.24) is 14.8 Å². The predicted octanol–water partition coefficient (Wildman–Crippen LogP) is 6.40. The highest BCUT2D eigenvalue weighted by Gasteiger charge is 2.32. The number of rotatable bonds is 5. The SMILES string of the molecule is Cc1ccc2c(c1)C(=O)C(=O)N2.Cc1ccc2nc3cccc4c3c(c2c1)C(=O)N4CCN1CCCCC1.NCCN1CCCCC1.O=C1CCCC(=O)C1. The van der Waals surface area contributed by atoms with Crippen molar-refractivity contribution in [3.63, 3.8) is 0 Å². The van der Waals surface area contributed by atoms with Crippen LogP contribution in [0.25, 0.3) is 21.8 Å². The van der Waals surface area contributed by atoms with Gasteiger partial charge in [0.05, 0.1) is 40.0 Å². The Morgan fingerprint density at radius 1 is 0.691 bits per heavy atom. The van der Waals surface area contributed by atoms with Gasteiger partial charge in [0.2, 0.25) is 0 Å². The molecule has 1 saturated carbocycles. The van der Waals surface area contributed by atoms with Gasteiger partial charge in [0.25, 0.3) is 17.6 Å². The first kappa shape index (κ1) is 39.8. The minimum atomic E-state index is -0.532. The fourth-order valence-corrected chi connectivity index (χ4v) is 7.93. The highest BCUT2D eigenvalue weighted by Crippen LogP contribution is 2.40. The van der Waals surface area contributed by atoms with Crippen molar-refractivity contribution in [2.24, 2.45) is 5.73 Å². The maximum absolute atomic E-state index is 13.4. The van der Waals surface area contributed by atoms with Crippen molar-refractivity contribution in [3.8, 4) is 0 Å². The summed E-state index contributed by atoms with van der Waals surface area (Å²) in [5, 5.41) is 4.49. The number of hydrogen-bond donors (Lipinski definition) is 2. The molecule has 2 saturated heterocycles. The van der Waals surface area contributed by atoms with Gasteiger partial charge in [-0.25, -0.2) is 4.98 Å². The topological polar surface area (TPSA) is 146 Å². The Morgan fingerprint density at radius 2 is 1.33 bits per heavy atom. The summed E-state index contributed by atoms with van der Waals surface area (Å²) >= 11 is 0. The van der Waals surface area contributed by atoms with Crippen LogP contribution in [0.15, 0.2) is 54.6 Å². The Balaban J connectivity index is 0.000000146. The lowest BCUT2D eigenvalue weighted by Crippen LogP contribution is -2.39. The number of fused-ring (bicyclic) bond motifs is 3. The Labute approximate surface area is 323 Å². The number of nitrogens with one attached hydrogen (secondary N) is 1. The van der Waals surface area contributed by atoms with E-state index in [9.17, 15) is 24.0 Å². The number of benzene rings is 3. The molecule has 5 aliphatic rings. The third kappa shape index (κ3) is 9.89. The molecule has 3 aromatic carbocycles. The van der Waals surface area contributed by atoms with Crippen LogP contribution in [-0.2, 0) is 14.4 Å². The van der Waals surface area contributed by atoms with Gasteiger partial charge in [-0.2, -0.15) is 0 Å². The lowest BCUT2D eigenvalue weighted by atomic mass is 9.98. The Morgan fingerprint density at radius 3 is 1.96 bits per heavy atom. The van der Waals surface area contributed by atoms with Crippen molar-refractivity contribution in [2.45, 2.75) is 78.1 Å². The van der Waals surface area contributed by atoms with Crippen molar-refractivity contribution >= 4 is 62.3 Å². The smallest absolute Gasteiger partial charge is 0.296 e. The van der Waals surface area contributed by atoms with Crippen LogP contribution in [0.1, 0.15) is 96.1 Å². The Kier molecular flexibility index (Phi) is 13.5. The molecule has 5 heterocycles. The zero-order valence-corrected chi connectivity index (χ0v) is 32.3. The monoisotopic (exact) mass is 746 g/mol. The van der Waals surface area contributed by atoms with E-state index in [1.54, 1.807) is 12.1 Å². The van der Waals surface area contributed by atoms with Crippen molar-refractivity contribution in [3.05, 3.63) is 76.9 Å². The van der Waals surface area contributed by atoms with Gasteiger partial charge < -0.3 is 25.8 Å². The largest absolute Gasteiger partial charge is 0.329 e. The number of piperidine rings is 2. The van der Waals surface area contributed by atoms with Crippen LogP contribution < -0.4 is 16.0 Å². The molecule has 0 atom stereocenters. The summed E-state index contributed by atoms with van der Waals surface area (Å²) in [5.41, 5.74) is 12.4. The summed E-state index contributed by atoms with van der Waals surface area (Å²) in [6, 6.07) is 17.6. The number of likely N-dealkylation sites (tertiary alicyclic amines) is 2. The van der Waals surface area contributed by atoms with E-state index in [4.69, 9.17) is 10.7 Å². The van der Waals surface area contributed by atoms with Crippen LogP contribution >= 0.6 is 0 Å². The molecule has 4 aliphatic heterocycles. The highest BCUT2D eigenvalue weighted by molar-refractivity contribution is 6.51. The van der Waals surface area contributed by atoms with Gasteiger partial charge in [0.1, 0.15) is 11.6 Å². The molecule has 1 aromatic heterocycles. The second-order valence-corrected chi connectivity index (χ2v) is 15.2. The highest BCUT2D eigenvalue weighted by atomic mass is 16.2. The third-order valence-electron chi connectivity index (χ3n) is 10.8. The number of pyridine rings is 1. The quantitative estimate of drug-likeness (QED) is 0.135. The second-order valence-electron chi connectivity index (χ2n) is 15.2. The number of aromatic nitrogens is 1. The Bertz CT molecular complexity index is 2050. The molecule has 290 valence electrons. The number of ketones is 3. The van der Waals surface area contributed by atoms with E-state index in [0.717, 1.165) is 89.9 Å². The second kappa shape index (κ2) is 18.7. The molecule has 9 rings (SSSR count). The van der Waals surface area contributed by atoms with E-state index in [2.05, 4.69) is 40.2 Å². The molecule has 3 fully saturated rings. The van der Waals surface area contributed by atoms with Gasteiger partial charge >= 0.3 is 0 Å². The van der Waals surface area contributed by atoms with Crippen LogP contribution in [0.3, 0.4) is 0 Å². The summed E-state index contributed by atoms with van der Waals surface area (Å²) in [6.07, 6.45) is 10.3. The number of amides is 2. The zero-order valence-electron chi connectivity index (χ0n) is 32.3. The average molecular weight is 747 g/mol. The number of nitrogens with zero attached hydrogens (tertiary/aromatic N) is 4. The van der Waals surface area contributed by atoms with Crippen LogP contribution in [0, 0.1) is 13.8 Å². The molecule has 11 heteroatoms. The first-order chi connectivity index (χ1) is 26.6. The van der Waals surface area contributed by atoms with Gasteiger partial charge in [0.15, 0.2) is 0 Å². The minimum absolute atomic E-state index is 0.112. The number of hydrogen-bond acceptors (Lipinski definition) is 9. The van der Waals surface area contributed by atoms with Crippen molar-refractivity contribution < 1.29 is 24.0 Å². The molecule has 55 heavy (non-hydrogen) atoms. The molecule has 4 aromatic rings. The number of nitrogens with two attached hydrogens (primary N) is 1. The molecule has 2 amide bonds. The van der Waals surface area contributed by atoms with Gasteiger partial charge in [0, 0.05) is 49.8 Å². The molecular weight excluding hydrogens is 693 g/mol. The number of carbonyl (C=O) groups excluding carboxylic acids is 5. The molecule has 0 spiro atoms. The maximum atomic E-state index is 13.4. The lowest BCUT2D eigenvalue weighted by molar-refractivity contribution is -0.129. The number of anilines is 2. The van der Waals surface area contributed by atoms with E-state index in [-0.39, 0.29) is 23.9 Å². The van der Waals surface area contributed by atoms with E-state index < -0.39 is 11.7 Å². The van der Waals surface area contributed by atoms with Gasteiger partial charge in [-0.05, 0) is 109 Å². The normalized spacial score (nSPS) is 18.2. The van der Waals surface area contributed by atoms with E-state index in [1.807, 2.05) is 36.1 Å². The van der Waals surface area contributed by atoms with Crippen LogP contribution in [0.5, 0.6) is 0 Å². The first-order valence-corrected chi connectivity index (χ1v) is 19.9. The van der Waals surface area contributed by atoms with Gasteiger partial charge in [-0.3, -0.25) is 24.0 Å². The van der Waals surface area contributed by atoms with Gasteiger partial charge in [-0.1, -0.05) is 42.2 Å². The number of Topliss-reactive ketones (excluding diaryl/α,β-unsaturated/α-hetero) is 3. The fraction of sp³-hybridized carbons (Fsp3) is 0.455. The minimum Gasteiger partial charge on any atom is -0.329 e. The Hall–Kier alpha value is -4.84. The van der Waals surface area contributed by atoms with E-state index in [1.165, 1.54) is 51.6 Å². The fourth-order valence-electron chi connectivity index (χ4n) is 7.93. The van der Waals surface area contributed by atoms with Crippen LogP contribution in [-0.4, -0.2) is 96.3 Å². The number of carbonyl (C=O) groups is 5. The summed E-state index contributed by atoms with van der Waals surface area (Å²) < 4.78 is 0.